The van der Waals surface area contributed by atoms with Crippen LogP contribution in [-0.4, -0.2) is 13.4 Å². The van der Waals surface area contributed by atoms with E-state index < -0.39 is 10.0 Å². The molecule has 0 aliphatic carbocycles. The van der Waals surface area contributed by atoms with Gasteiger partial charge in [-0.25, -0.2) is 13.1 Å². The Morgan fingerprint density at radius 3 is 2.47 bits per heavy atom. The number of nitrogens with one attached hydrogen (secondary N) is 2. The fourth-order valence-corrected chi connectivity index (χ4v) is 2.73. The maximum Gasteiger partial charge on any atom is 0.216 e. The van der Waals surface area contributed by atoms with Crippen LogP contribution in [-0.2, 0) is 22.3 Å². The topological polar surface area (TPSA) is 85.8 Å². The number of nitriles is 1. The minimum atomic E-state index is -3.38. The number of aromatic amines is 1. The molecule has 19 heavy (non-hydrogen) atoms. The number of benzene rings is 1. The zero-order valence-corrected chi connectivity index (χ0v) is 10.9. The van der Waals surface area contributed by atoms with E-state index in [9.17, 15) is 8.42 Å². The number of rotatable bonds is 5. The van der Waals surface area contributed by atoms with E-state index in [1.165, 1.54) is 0 Å². The van der Waals surface area contributed by atoms with E-state index in [-0.39, 0.29) is 12.3 Å². The van der Waals surface area contributed by atoms with Crippen LogP contribution in [0.2, 0.25) is 0 Å². The average Bonchev–Trinajstić information content (AvgIpc) is 2.90. The van der Waals surface area contributed by atoms with Crippen LogP contribution in [0.15, 0.2) is 42.7 Å². The van der Waals surface area contributed by atoms with Crippen molar-refractivity contribution in [3.05, 3.63) is 59.4 Å². The maximum absolute atomic E-state index is 11.9. The largest absolute Gasteiger partial charge is 0.367 e. The van der Waals surface area contributed by atoms with Gasteiger partial charge in [-0.05, 0) is 29.3 Å². The summed E-state index contributed by atoms with van der Waals surface area (Å²) in [6.45, 7) is 0.266. The molecule has 0 saturated carbocycles. The summed E-state index contributed by atoms with van der Waals surface area (Å²) in [7, 11) is -3.38. The van der Waals surface area contributed by atoms with Crippen molar-refractivity contribution in [2.45, 2.75) is 12.3 Å². The number of nitrogens with zero attached hydrogens (tertiary/aromatic N) is 1. The molecule has 2 N–H and O–H groups in total. The molecular weight excluding hydrogens is 262 g/mol. The Hall–Kier alpha value is -2.10. The second kappa shape index (κ2) is 5.69. The molecule has 0 atom stereocenters. The fraction of sp³-hybridized carbons (Fsp3) is 0.154. The van der Waals surface area contributed by atoms with E-state index in [1.807, 2.05) is 12.1 Å². The lowest BCUT2D eigenvalue weighted by atomic mass is 10.2. The molecule has 1 aromatic heterocycles. The Morgan fingerprint density at radius 1 is 1.16 bits per heavy atom. The average molecular weight is 275 g/mol. The van der Waals surface area contributed by atoms with E-state index in [2.05, 4.69) is 9.71 Å². The molecule has 0 fully saturated rings. The summed E-state index contributed by atoms with van der Waals surface area (Å²) in [5.41, 5.74) is 2.05. The highest BCUT2D eigenvalue weighted by Crippen LogP contribution is 2.08. The van der Waals surface area contributed by atoms with Gasteiger partial charge < -0.3 is 4.98 Å². The van der Waals surface area contributed by atoms with Crippen molar-refractivity contribution in [2.75, 3.05) is 0 Å². The van der Waals surface area contributed by atoms with Crippen LogP contribution in [0.4, 0.5) is 0 Å². The third-order valence-electron chi connectivity index (χ3n) is 2.60. The summed E-state index contributed by atoms with van der Waals surface area (Å²) >= 11 is 0. The van der Waals surface area contributed by atoms with Crippen molar-refractivity contribution in [1.82, 2.24) is 9.71 Å². The molecule has 1 heterocycles. The van der Waals surface area contributed by atoms with Crippen molar-refractivity contribution in [3.8, 4) is 6.07 Å². The van der Waals surface area contributed by atoms with Gasteiger partial charge in [0.15, 0.2) is 0 Å². The van der Waals surface area contributed by atoms with Crippen molar-refractivity contribution in [1.29, 1.82) is 5.26 Å². The standard InChI is InChI=1S/C13H13N3O2S/c14-7-11-1-3-12(4-2-11)10-19(17,18)16-9-13-5-6-15-8-13/h1-6,8,15-16H,9-10H2. The minimum absolute atomic E-state index is 0.0941. The van der Waals surface area contributed by atoms with E-state index >= 15 is 0 Å². The van der Waals surface area contributed by atoms with Crippen molar-refractivity contribution < 1.29 is 8.42 Å². The molecule has 0 unspecified atom stereocenters. The second-order valence-electron chi connectivity index (χ2n) is 4.11. The van der Waals surface area contributed by atoms with Crippen molar-refractivity contribution in [2.24, 2.45) is 0 Å². The van der Waals surface area contributed by atoms with Gasteiger partial charge in [0.25, 0.3) is 0 Å². The summed E-state index contributed by atoms with van der Waals surface area (Å²) in [6.07, 6.45) is 3.48. The van der Waals surface area contributed by atoms with Crippen LogP contribution < -0.4 is 4.72 Å². The summed E-state index contributed by atoms with van der Waals surface area (Å²) in [6, 6.07) is 10.3. The van der Waals surface area contributed by atoms with Gasteiger partial charge in [0, 0.05) is 18.9 Å². The predicted octanol–water partition coefficient (Wildman–Crippen LogP) is 1.51. The Morgan fingerprint density at radius 2 is 1.89 bits per heavy atom. The molecule has 0 aliphatic heterocycles. The second-order valence-corrected chi connectivity index (χ2v) is 5.92. The third-order valence-corrected chi connectivity index (χ3v) is 3.90. The molecule has 1 aromatic carbocycles. The number of hydrogen-bond donors (Lipinski definition) is 2. The van der Waals surface area contributed by atoms with E-state index in [0.29, 0.717) is 11.1 Å². The third kappa shape index (κ3) is 3.95. The first-order valence-electron chi connectivity index (χ1n) is 5.67. The van der Waals surface area contributed by atoms with Gasteiger partial charge in [0.05, 0.1) is 17.4 Å². The predicted molar refractivity (Wildman–Crippen MR) is 71.4 cm³/mol. The van der Waals surface area contributed by atoms with Gasteiger partial charge >= 0.3 is 0 Å². The molecule has 0 amide bonds. The number of aromatic nitrogens is 1. The van der Waals surface area contributed by atoms with Crippen molar-refractivity contribution >= 4 is 10.0 Å². The zero-order chi connectivity index (χ0) is 13.7. The molecule has 0 radical (unpaired) electrons. The first kappa shape index (κ1) is 13.3. The Balaban J connectivity index is 1.98. The summed E-state index contributed by atoms with van der Waals surface area (Å²) < 4.78 is 26.3. The molecule has 98 valence electrons. The Bertz CT molecular complexity index is 668. The highest BCUT2D eigenvalue weighted by molar-refractivity contribution is 7.88. The van der Waals surface area contributed by atoms with Crippen LogP contribution >= 0.6 is 0 Å². The molecule has 0 spiro atoms. The monoisotopic (exact) mass is 275 g/mol. The fourth-order valence-electron chi connectivity index (χ4n) is 1.61. The molecular formula is C13H13N3O2S. The first-order valence-corrected chi connectivity index (χ1v) is 7.32. The van der Waals surface area contributed by atoms with Gasteiger partial charge in [-0.3, -0.25) is 0 Å². The number of hydrogen-bond acceptors (Lipinski definition) is 3. The van der Waals surface area contributed by atoms with E-state index in [4.69, 9.17) is 5.26 Å². The zero-order valence-electron chi connectivity index (χ0n) is 10.1. The smallest absolute Gasteiger partial charge is 0.216 e. The molecule has 0 bridgehead atoms. The van der Waals surface area contributed by atoms with Crippen LogP contribution in [0.3, 0.4) is 0 Å². The molecule has 2 rings (SSSR count). The van der Waals surface area contributed by atoms with Crippen LogP contribution in [0.25, 0.3) is 0 Å². The quantitative estimate of drug-likeness (QED) is 0.867. The van der Waals surface area contributed by atoms with Crippen molar-refractivity contribution in [3.63, 3.8) is 0 Å². The van der Waals surface area contributed by atoms with Gasteiger partial charge in [-0.15, -0.1) is 0 Å². The molecule has 6 heteroatoms. The number of sulfonamides is 1. The Labute approximate surface area is 111 Å². The van der Waals surface area contributed by atoms with Gasteiger partial charge in [0.2, 0.25) is 10.0 Å². The summed E-state index contributed by atoms with van der Waals surface area (Å²) in [4.78, 5) is 2.86. The normalized spacial score (nSPS) is 11.1. The van der Waals surface area contributed by atoms with Gasteiger partial charge in [-0.2, -0.15) is 5.26 Å². The summed E-state index contributed by atoms with van der Waals surface area (Å²) in [5, 5.41) is 8.67. The highest BCUT2D eigenvalue weighted by Gasteiger charge is 2.11. The van der Waals surface area contributed by atoms with Crippen LogP contribution in [0.5, 0.6) is 0 Å². The van der Waals surface area contributed by atoms with Gasteiger partial charge in [-0.1, -0.05) is 12.1 Å². The van der Waals surface area contributed by atoms with E-state index in [0.717, 1.165) is 5.56 Å². The molecule has 2 aromatic rings. The van der Waals surface area contributed by atoms with Crippen LogP contribution in [0, 0.1) is 11.3 Å². The molecule has 0 aliphatic rings. The maximum atomic E-state index is 11.9. The Kier molecular flexibility index (Phi) is 4.00. The molecule has 0 saturated heterocycles. The lowest BCUT2D eigenvalue weighted by molar-refractivity contribution is 0.580. The SMILES string of the molecule is N#Cc1ccc(CS(=O)(=O)NCc2cc[nH]c2)cc1. The lowest BCUT2D eigenvalue weighted by Crippen LogP contribution is -2.24. The first-order chi connectivity index (χ1) is 9.09. The summed E-state index contributed by atoms with van der Waals surface area (Å²) in [5.74, 6) is -0.0941. The number of H-pyrrole nitrogens is 1. The van der Waals surface area contributed by atoms with E-state index in [1.54, 1.807) is 36.7 Å². The molecule has 5 nitrogen and oxygen atoms in total. The van der Waals surface area contributed by atoms with Gasteiger partial charge in [0.1, 0.15) is 0 Å². The van der Waals surface area contributed by atoms with Crippen LogP contribution in [0.1, 0.15) is 16.7 Å². The minimum Gasteiger partial charge on any atom is -0.367 e. The highest BCUT2D eigenvalue weighted by atomic mass is 32.2. The lowest BCUT2D eigenvalue weighted by Gasteiger charge is -2.05.